The van der Waals surface area contributed by atoms with E-state index in [1.54, 1.807) is 24.3 Å². The summed E-state index contributed by atoms with van der Waals surface area (Å²) in [5.74, 6) is 0.932. The van der Waals surface area contributed by atoms with Gasteiger partial charge < -0.3 is 5.32 Å². The van der Waals surface area contributed by atoms with Gasteiger partial charge in [0.25, 0.3) is 0 Å². The lowest BCUT2D eigenvalue weighted by Gasteiger charge is -2.29. The molecule has 0 bridgehead atoms. The minimum atomic E-state index is -3.36. The van der Waals surface area contributed by atoms with Crippen molar-refractivity contribution in [2.24, 2.45) is 11.8 Å². The molecule has 2 unspecified atom stereocenters. The van der Waals surface area contributed by atoms with Gasteiger partial charge in [-0.25, -0.2) is 13.1 Å². The summed E-state index contributed by atoms with van der Waals surface area (Å²) in [5, 5.41) is 3.31. The second kappa shape index (κ2) is 5.82. The first-order valence-corrected chi connectivity index (χ1v) is 7.83. The third-order valence-corrected chi connectivity index (χ3v) is 5.02. The normalized spacial score (nSPS) is 24.9. The molecule has 1 aliphatic rings. The van der Waals surface area contributed by atoms with Crippen molar-refractivity contribution in [2.45, 2.75) is 18.2 Å². The van der Waals surface area contributed by atoms with E-state index in [1.807, 2.05) is 6.07 Å². The number of benzene rings is 1. The van der Waals surface area contributed by atoms with Crippen LogP contribution in [0.1, 0.15) is 13.3 Å². The Balaban J connectivity index is 1.97. The lowest BCUT2D eigenvalue weighted by molar-refractivity contribution is 0.275. The standard InChI is InChI=1S/C13H20N2O2S/c1-11-7-8-14-9-12(11)10-15-18(16,17)13-5-3-2-4-6-13/h2-6,11-12,14-15H,7-10H2,1H3. The Bertz CT molecular complexity index is 473. The van der Waals surface area contributed by atoms with Crippen LogP contribution in [0.4, 0.5) is 0 Å². The van der Waals surface area contributed by atoms with Crippen LogP contribution >= 0.6 is 0 Å². The third-order valence-electron chi connectivity index (χ3n) is 3.58. The number of hydrogen-bond donors (Lipinski definition) is 2. The summed E-state index contributed by atoms with van der Waals surface area (Å²) in [6.45, 7) is 4.61. The fourth-order valence-corrected chi connectivity index (χ4v) is 3.34. The molecule has 4 nitrogen and oxygen atoms in total. The molecule has 2 atom stereocenters. The molecule has 5 heteroatoms. The van der Waals surface area contributed by atoms with Crippen LogP contribution in [0.3, 0.4) is 0 Å². The molecular formula is C13H20N2O2S. The summed E-state index contributed by atoms with van der Waals surface area (Å²) in [7, 11) is -3.36. The van der Waals surface area contributed by atoms with Crippen molar-refractivity contribution in [1.82, 2.24) is 10.0 Å². The largest absolute Gasteiger partial charge is 0.316 e. The summed E-state index contributed by atoms with van der Waals surface area (Å²) >= 11 is 0. The molecule has 0 radical (unpaired) electrons. The van der Waals surface area contributed by atoms with Gasteiger partial charge in [0, 0.05) is 6.54 Å². The van der Waals surface area contributed by atoms with Crippen LogP contribution in [0.25, 0.3) is 0 Å². The molecule has 100 valence electrons. The van der Waals surface area contributed by atoms with Crippen LogP contribution in [0.15, 0.2) is 35.2 Å². The summed E-state index contributed by atoms with van der Waals surface area (Å²) < 4.78 is 26.8. The smallest absolute Gasteiger partial charge is 0.240 e. The number of rotatable bonds is 4. The van der Waals surface area contributed by atoms with Gasteiger partial charge in [-0.2, -0.15) is 0 Å². The molecule has 2 N–H and O–H groups in total. The molecule has 0 spiro atoms. The number of hydrogen-bond acceptors (Lipinski definition) is 3. The SMILES string of the molecule is CC1CCNCC1CNS(=O)(=O)c1ccccc1. The lowest BCUT2D eigenvalue weighted by Crippen LogP contribution is -2.42. The van der Waals surface area contributed by atoms with Gasteiger partial charge in [-0.1, -0.05) is 25.1 Å². The van der Waals surface area contributed by atoms with Crippen LogP contribution in [0.5, 0.6) is 0 Å². The molecule has 2 rings (SSSR count). The van der Waals surface area contributed by atoms with E-state index in [0.29, 0.717) is 23.3 Å². The summed E-state index contributed by atoms with van der Waals surface area (Å²) in [5.41, 5.74) is 0. The average Bonchev–Trinajstić information content (AvgIpc) is 2.39. The van der Waals surface area contributed by atoms with E-state index in [-0.39, 0.29) is 0 Å². The molecule has 1 heterocycles. The van der Waals surface area contributed by atoms with E-state index in [1.165, 1.54) is 0 Å². The van der Waals surface area contributed by atoms with Crippen molar-refractivity contribution in [3.05, 3.63) is 30.3 Å². The van der Waals surface area contributed by atoms with Crippen LogP contribution in [0.2, 0.25) is 0 Å². The maximum absolute atomic E-state index is 12.0. The molecule has 0 saturated carbocycles. The summed E-state index contributed by atoms with van der Waals surface area (Å²) in [6, 6.07) is 8.51. The van der Waals surface area contributed by atoms with Gasteiger partial charge in [0.15, 0.2) is 0 Å². The third kappa shape index (κ3) is 3.31. The van der Waals surface area contributed by atoms with Gasteiger partial charge in [-0.05, 0) is 43.5 Å². The first kappa shape index (κ1) is 13.5. The number of piperidine rings is 1. The van der Waals surface area contributed by atoms with Gasteiger partial charge >= 0.3 is 0 Å². The van der Waals surface area contributed by atoms with Gasteiger partial charge in [0.05, 0.1) is 4.90 Å². The average molecular weight is 268 g/mol. The Labute approximate surface area is 109 Å². The second-order valence-electron chi connectivity index (χ2n) is 4.90. The van der Waals surface area contributed by atoms with E-state index < -0.39 is 10.0 Å². The predicted molar refractivity (Wildman–Crippen MR) is 71.8 cm³/mol. The van der Waals surface area contributed by atoms with E-state index >= 15 is 0 Å². The summed E-state index contributed by atoms with van der Waals surface area (Å²) in [4.78, 5) is 0.335. The van der Waals surface area contributed by atoms with Gasteiger partial charge in [0.2, 0.25) is 10.0 Å². The van der Waals surface area contributed by atoms with Gasteiger partial charge in [-0.3, -0.25) is 0 Å². The van der Waals surface area contributed by atoms with E-state index in [9.17, 15) is 8.42 Å². The van der Waals surface area contributed by atoms with Crippen molar-refractivity contribution < 1.29 is 8.42 Å². The minimum Gasteiger partial charge on any atom is -0.316 e. The van der Waals surface area contributed by atoms with Crippen molar-refractivity contribution in [1.29, 1.82) is 0 Å². The zero-order valence-electron chi connectivity index (χ0n) is 10.6. The van der Waals surface area contributed by atoms with Crippen molar-refractivity contribution in [3.63, 3.8) is 0 Å². The van der Waals surface area contributed by atoms with Crippen LogP contribution in [-0.2, 0) is 10.0 Å². The molecule has 18 heavy (non-hydrogen) atoms. The maximum atomic E-state index is 12.0. The molecule has 0 aliphatic carbocycles. The van der Waals surface area contributed by atoms with E-state index in [0.717, 1.165) is 19.5 Å². The Morgan fingerprint density at radius 2 is 2.06 bits per heavy atom. The highest BCUT2D eigenvalue weighted by Gasteiger charge is 2.23. The zero-order valence-corrected chi connectivity index (χ0v) is 11.4. The molecule has 1 aromatic carbocycles. The van der Waals surface area contributed by atoms with Crippen molar-refractivity contribution >= 4 is 10.0 Å². The molecule has 1 aromatic rings. The van der Waals surface area contributed by atoms with E-state index in [2.05, 4.69) is 17.0 Å². The Morgan fingerprint density at radius 3 is 2.72 bits per heavy atom. The first-order valence-electron chi connectivity index (χ1n) is 6.35. The number of sulfonamides is 1. The van der Waals surface area contributed by atoms with Crippen LogP contribution in [-0.4, -0.2) is 28.1 Å². The second-order valence-corrected chi connectivity index (χ2v) is 6.66. The Morgan fingerprint density at radius 1 is 1.33 bits per heavy atom. The highest BCUT2D eigenvalue weighted by Crippen LogP contribution is 2.18. The topological polar surface area (TPSA) is 58.2 Å². The zero-order chi connectivity index (χ0) is 13.0. The van der Waals surface area contributed by atoms with Crippen molar-refractivity contribution in [2.75, 3.05) is 19.6 Å². The highest BCUT2D eigenvalue weighted by molar-refractivity contribution is 7.89. The predicted octanol–water partition coefficient (Wildman–Crippen LogP) is 1.21. The Hall–Kier alpha value is -0.910. The number of nitrogens with one attached hydrogen (secondary N) is 2. The van der Waals surface area contributed by atoms with Crippen LogP contribution in [0, 0.1) is 11.8 Å². The van der Waals surface area contributed by atoms with Crippen molar-refractivity contribution in [3.8, 4) is 0 Å². The molecule has 0 aromatic heterocycles. The first-order chi connectivity index (χ1) is 8.59. The molecule has 0 amide bonds. The lowest BCUT2D eigenvalue weighted by atomic mass is 9.88. The fraction of sp³-hybridized carbons (Fsp3) is 0.538. The molecule has 1 saturated heterocycles. The molecule has 1 aliphatic heterocycles. The van der Waals surface area contributed by atoms with Crippen LogP contribution < -0.4 is 10.0 Å². The monoisotopic (exact) mass is 268 g/mol. The van der Waals surface area contributed by atoms with E-state index in [4.69, 9.17) is 0 Å². The Kier molecular flexibility index (Phi) is 4.37. The summed E-state index contributed by atoms with van der Waals surface area (Å²) in [6.07, 6.45) is 1.11. The quantitative estimate of drug-likeness (QED) is 0.863. The molecular weight excluding hydrogens is 248 g/mol. The van der Waals surface area contributed by atoms with Gasteiger partial charge in [-0.15, -0.1) is 0 Å². The fourth-order valence-electron chi connectivity index (χ4n) is 2.23. The minimum absolute atomic E-state index is 0.335. The maximum Gasteiger partial charge on any atom is 0.240 e. The van der Waals surface area contributed by atoms with Gasteiger partial charge in [0.1, 0.15) is 0 Å². The molecule has 1 fully saturated rings. The highest BCUT2D eigenvalue weighted by atomic mass is 32.2.